The van der Waals surface area contributed by atoms with Gasteiger partial charge in [-0.1, -0.05) is 12.1 Å². The third-order valence-corrected chi connectivity index (χ3v) is 3.39. The number of rotatable bonds is 6. The van der Waals surface area contributed by atoms with E-state index in [0.717, 1.165) is 0 Å². The lowest BCUT2D eigenvalue weighted by Gasteiger charge is -2.15. The van der Waals surface area contributed by atoms with Crippen molar-refractivity contribution in [1.29, 1.82) is 0 Å². The van der Waals surface area contributed by atoms with Gasteiger partial charge in [-0.25, -0.2) is 9.97 Å². The Morgan fingerprint density at radius 3 is 2.79 bits per heavy atom. The van der Waals surface area contributed by atoms with E-state index in [1.165, 1.54) is 6.92 Å². The molecular formula is C17H20N4O3. The summed E-state index contributed by atoms with van der Waals surface area (Å²) >= 11 is 0. The molecule has 126 valence electrons. The number of amides is 1. The number of aromatic nitrogens is 2. The molecule has 0 aliphatic rings. The molecule has 7 nitrogen and oxygen atoms in total. The quantitative estimate of drug-likeness (QED) is 0.781. The van der Waals surface area contributed by atoms with Crippen molar-refractivity contribution in [3.63, 3.8) is 0 Å². The number of hydrogen-bond acceptors (Lipinski definition) is 6. The predicted molar refractivity (Wildman–Crippen MR) is 89.6 cm³/mol. The lowest BCUT2D eigenvalue weighted by Crippen LogP contribution is -2.36. The Labute approximate surface area is 140 Å². The Morgan fingerprint density at radius 2 is 2.12 bits per heavy atom. The van der Waals surface area contributed by atoms with Crippen molar-refractivity contribution < 1.29 is 14.3 Å². The Balaban J connectivity index is 1.94. The number of nitrogens with zero attached hydrogens (tertiary/aromatic N) is 2. The van der Waals surface area contributed by atoms with Gasteiger partial charge in [-0.05, 0) is 32.9 Å². The molecular weight excluding hydrogens is 308 g/mol. The van der Waals surface area contributed by atoms with Gasteiger partial charge in [0.1, 0.15) is 17.4 Å². The second-order valence-electron chi connectivity index (χ2n) is 5.39. The highest BCUT2D eigenvalue weighted by atomic mass is 16.5. The van der Waals surface area contributed by atoms with Gasteiger partial charge in [-0.3, -0.25) is 9.59 Å². The fourth-order valence-electron chi connectivity index (χ4n) is 2.02. The molecule has 0 aliphatic carbocycles. The molecule has 0 saturated carbocycles. The van der Waals surface area contributed by atoms with E-state index in [2.05, 4.69) is 15.3 Å². The number of carbonyl (C=O) groups excluding carboxylic acids is 2. The molecule has 1 aromatic carbocycles. The zero-order valence-corrected chi connectivity index (χ0v) is 13.9. The van der Waals surface area contributed by atoms with Crippen LogP contribution in [0.5, 0.6) is 5.75 Å². The minimum absolute atomic E-state index is 0.0626. The summed E-state index contributed by atoms with van der Waals surface area (Å²) in [5, 5.41) is 2.73. The Morgan fingerprint density at radius 1 is 1.38 bits per heavy atom. The first-order chi connectivity index (χ1) is 11.4. The van der Waals surface area contributed by atoms with Crippen LogP contribution in [0.1, 0.15) is 35.6 Å². The summed E-state index contributed by atoms with van der Waals surface area (Å²) in [4.78, 5) is 31.6. The maximum atomic E-state index is 12.1. The van der Waals surface area contributed by atoms with Gasteiger partial charge in [0.2, 0.25) is 0 Å². The van der Waals surface area contributed by atoms with Crippen molar-refractivity contribution >= 4 is 17.5 Å². The summed E-state index contributed by atoms with van der Waals surface area (Å²) in [6.45, 7) is 5.06. The van der Waals surface area contributed by atoms with Crippen molar-refractivity contribution in [1.82, 2.24) is 15.3 Å². The number of aryl methyl sites for hydroxylation is 1. The fraction of sp³-hybridized carbons (Fsp3) is 0.294. The van der Waals surface area contributed by atoms with Crippen LogP contribution in [-0.4, -0.2) is 27.8 Å². The van der Waals surface area contributed by atoms with E-state index in [9.17, 15) is 9.59 Å². The van der Waals surface area contributed by atoms with E-state index in [1.54, 1.807) is 44.3 Å². The molecule has 1 aromatic heterocycles. The van der Waals surface area contributed by atoms with Gasteiger partial charge in [0.05, 0.1) is 0 Å². The summed E-state index contributed by atoms with van der Waals surface area (Å²) in [6, 6.07) is 6.71. The number of benzene rings is 1. The van der Waals surface area contributed by atoms with Crippen LogP contribution in [0.3, 0.4) is 0 Å². The van der Waals surface area contributed by atoms with E-state index in [1.807, 2.05) is 0 Å². The summed E-state index contributed by atoms with van der Waals surface area (Å²) in [7, 11) is 0. The second kappa shape index (κ2) is 7.54. The lowest BCUT2D eigenvalue weighted by atomic mass is 10.1. The highest BCUT2D eigenvalue weighted by Crippen LogP contribution is 2.15. The molecule has 0 aliphatic heterocycles. The maximum Gasteiger partial charge on any atom is 0.261 e. The molecule has 2 aromatic rings. The van der Waals surface area contributed by atoms with Gasteiger partial charge in [-0.2, -0.15) is 0 Å². The Hall–Kier alpha value is -2.96. The Kier molecular flexibility index (Phi) is 5.47. The SMILES string of the molecule is CC(=O)c1cccc(OC(C)C(=O)NCc2cnc(C)nc2N)c1. The number of anilines is 1. The summed E-state index contributed by atoms with van der Waals surface area (Å²) < 4.78 is 5.58. The largest absolute Gasteiger partial charge is 0.481 e. The highest BCUT2D eigenvalue weighted by molar-refractivity contribution is 5.94. The number of nitrogen functional groups attached to an aromatic ring is 1. The maximum absolute atomic E-state index is 12.1. The van der Waals surface area contributed by atoms with Gasteiger partial charge in [0, 0.05) is 23.9 Å². The summed E-state index contributed by atoms with van der Waals surface area (Å²) in [5.41, 5.74) is 6.96. The van der Waals surface area contributed by atoms with E-state index >= 15 is 0 Å². The van der Waals surface area contributed by atoms with Crippen LogP contribution in [0.2, 0.25) is 0 Å². The first kappa shape index (κ1) is 17.4. The number of Topliss-reactive ketones (excluding diaryl/α,β-unsaturated/α-hetero) is 1. The third-order valence-electron chi connectivity index (χ3n) is 3.39. The molecule has 7 heteroatoms. The molecule has 0 spiro atoms. The molecule has 24 heavy (non-hydrogen) atoms. The first-order valence-corrected chi connectivity index (χ1v) is 7.50. The molecule has 0 fully saturated rings. The number of carbonyl (C=O) groups is 2. The van der Waals surface area contributed by atoms with Gasteiger partial charge in [0.15, 0.2) is 11.9 Å². The molecule has 0 saturated heterocycles. The highest BCUT2D eigenvalue weighted by Gasteiger charge is 2.15. The number of hydrogen-bond donors (Lipinski definition) is 2. The number of ketones is 1. The van der Waals surface area contributed by atoms with Crippen LogP contribution < -0.4 is 15.8 Å². The van der Waals surface area contributed by atoms with Gasteiger partial charge in [-0.15, -0.1) is 0 Å². The van der Waals surface area contributed by atoms with Crippen molar-refractivity contribution in [3.05, 3.63) is 47.4 Å². The van der Waals surface area contributed by atoms with Crippen LogP contribution in [0.25, 0.3) is 0 Å². The molecule has 3 N–H and O–H groups in total. The monoisotopic (exact) mass is 328 g/mol. The van der Waals surface area contributed by atoms with Crippen LogP contribution in [-0.2, 0) is 11.3 Å². The molecule has 0 radical (unpaired) electrons. The van der Waals surface area contributed by atoms with Crippen LogP contribution in [0, 0.1) is 6.92 Å². The second-order valence-corrected chi connectivity index (χ2v) is 5.39. The average Bonchev–Trinajstić information content (AvgIpc) is 2.54. The van der Waals surface area contributed by atoms with Crippen molar-refractivity contribution in [3.8, 4) is 5.75 Å². The average molecular weight is 328 g/mol. The third kappa shape index (κ3) is 4.52. The smallest absolute Gasteiger partial charge is 0.261 e. The van der Waals surface area contributed by atoms with E-state index in [0.29, 0.717) is 28.5 Å². The van der Waals surface area contributed by atoms with Crippen LogP contribution >= 0.6 is 0 Å². The summed E-state index contributed by atoms with van der Waals surface area (Å²) in [5.74, 6) is 1.01. The molecule has 1 unspecified atom stereocenters. The zero-order chi connectivity index (χ0) is 17.7. The molecule has 1 atom stereocenters. The molecule has 2 rings (SSSR count). The van der Waals surface area contributed by atoms with Crippen LogP contribution in [0.15, 0.2) is 30.5 Å². The van der Waals surface area contributed by atoms with E-state index in [4.69, 9.17) is 10.5 Å². The van der Waals surface area contributed by atoms with E-state index < -0.39 is 6.10 Å². The minimum Gasteiger partial charge on any atom is -0.481 e. The van der Waals surface area contributed by atoms with Crippen molar-refractivity contribution in [2.24, 2.45) is 0 Å². The summed E-state index contributed by atoms with van der Waals surface area (Å²) in [6.07, 6.45) is 0.861. The Bertz CT molecular complexity index is 761. The van der Waals surface area contributed by atoms with Gasteiger partial charge < -0.3 is 15.8 Å². The number of nitrogens with one attached hydrogen (secondary N) is 1. The minimum atomic E-state index is -0.722. The van der Waals surface area contributed by atoms with Crippen molar-refractivity contribution in [2.45, 2.75) is 33.4 Å². The van der Waals surface area contributed by atoms with E-state index in [-0.39, 0.29) is 18.2 Å². The van der Waals surface area contributed by atoms with Crippen molar-refractivity contribution in [2.75, 3.05) is 5.73 Å². The zero-order valence-electron chi connectivity index (χ0n) is 13.9. The van der Waals surface area contributed by atoms with Gasteiger partial charge >= 0.3 is 0 Å². The predicted octanol–water partition coefficient (Wildman–Crippen LogP) is 1.65. The molecule has 1 amide bonds. The number of nitrogens with two attached hydrogens (primary N) is 1. The van der Waals surface area contributed by atoms with Gasteiger partial charge in [0.25, 0.3) is 5.91 Å². The lowest BCUT2D eigenvalue weighted by molar-refractivity contribution is -0.127. The topological polar surface area (TPSA) is 107 Å². The normalized spacial score (nSPS) is 11.6. The molecule has 1 heterocycles. The number of ether oxygens (including phenoxy) is 1. The fourth-order valence-corrected chi connectivity index (χ4v) is 2.02. The first-order valence-electron chi connectivity index (χ1n) is 7.50. The van der Waals surface area contributed by atoms with Crippen LogP contribution in [0.4, 0.5) is 5.82 Å². The molecule has 0 bridgehead atoms. The standard InChI is InChI=1S/C17H20N4O3/c1-10(22)13-5-4-6-15(7-13)24-11(2)17(23)20-9-14-8-19-12(3)21-16(14)18/h4-8,11H,9H2,1-3H3,(H,20,23)(H2,18,19,21).